The summed E-state index contributed by atoms with van der Waals surface area (Å²) in [6.45, 7) is 2.54. The lowest BCUT2D eigenvalue weighted by Gasteiger charge is -2.27. The lowest BCUT2D eigenvalue weighted by Crippen LogP contribution is -2.53. The van der Waals surface area contributed by atoms with Gasteiger partial charge < -0.3 is 15.5 Å². The van der Waals surface area contributed by atoms with E-state index in [2.05, 4.69) is 15.4 Å². The second-order valence-electron chi connectivity index (χ2n) is 3.92. The number of hydrogen-bond acceptors (Lipinski definition) is 5. The van der Waals surface area contributed by atoms with E-state index in [4.69, 9.17) is 10.2 Å². The van der Waals surface area contributed by atoms with Gasteiger partial charge in [-0.1, -0.05) is 0 Å². The van der Waals surface area contributed by atoms with Crippen LogP contribution in [0.2, 0.25) is 0 Å². The standard InChI is InChI=1S/C9H16N4O3/c1-7(13-6-10-5-11-13)8(16)12-9(2,3-14)4-15/h5-7,14-15H,3-4H2,1-2H3,(H,12,16). The first-order valence-electron chi connectivity index (χ1n) is 4.90. The third-order valence-electron chi connectivity index (χ3n) is 2.34. The monoisotopic (exact) mass is 228 g/mol. The molecule has 7 heteroatoms. The first-order valence-corrected chi connectivity index (χ1v) is 4.90. The van der Waals surface area contributed by atoms with E-state index in [0.29, 0.717) is 0 Å². The minimum absolute atomic E-state index is 0.334. The molecule has 90 valence electrons. The molecule has 0 spiro atoms. The molecule has 7 nitrogen and oxygen atoms in total. The third kappa shape index (κ3) is 2.77. The van der Waals surface area contributed by atoms with Crippen LogP contribution in [0.3, 0.4) is 0 Å². The zero-order valence-corrected chi connectivity index (χ0v) is 9.29. The van der Waals surface area contributed by atoms with Gasteiger partial charge in [0.25, 0.3) is 0 Å². The Balaban J connectivity index is 2.65. The number of hydrogen-bond donors (Lipinski definition) is 3. The maximum atomic E-state index is 11.8. The van der Waals surface area contributed by atoms with Crippen LogP contribution < -0.4 is 5.32 Å². The van der Waals surface area contributed by atoms with Gasteiger partial charge in [0.1, 0.15) is 18.7 Å². The van der Waals surface area contributed by atoms with Crippen molar-refractivity contribution in [2.45, 2.75) is 25.4 Å². The smallest absolute Gasteiger partial charge is 0.245 e. The molecule has 1 heterocycles. The van der Waals surface area contributed by atoms with Crippen LogP contribution in [0.4, 0.5) is 0 Å². The van der Waals surface area contributed by atoms with Gasteiger partial charge in [-0.25, -0.2) is 9.67 Å². The Morgan fingerprint density at radius 2 is 2.19 bits per heavy atom. The number of nitrogens with one attached hydrogen (secondary N) is 1. The summed E-state index contributed by atoms with van der Waals surface area (Å²) in [5.74, 6) is -0.337. The molecule has 0 radical (unpaired) electrons. The van der Waals surface area contributed by atoms with E-state index in [-0.39, 0.29) is 19.1 Å². The molecule has 0 aliphatic carbocycles. The maximum Gasteiger partial charge on any atom is 0.245 e. The molecule has 0 bridgehead atoms. The summed E-state index contributed by atoms with van der Waals surface area (Å²) in [5, 5.41) is 24.5. The normalized spacial score (nSPS) is 13.5. The summed E-state index contributed by atoms with van der Waals surface area (Å²) in [6, 6.07) is -0.542. The Bertz CT molecular complexity index is 335. The second-order valence-corrected chi connectivity index (χ2v) is 3.92. The fourth-order valence-electron chi connectivity index (χ4n) is 1.07. The molecule has 1 amide bonds. The van der Waals surface area contributed by atoms with Crippen molar-refractivity contribution in [1.82, 2.24) is 20.1 Å². The van der Waals surface area contributed by atoms with Gasteiger partial charge >= 0.3 is 0 Å². The van der Waals surface area contributed by atoms with Gasteiger partial charge in [0.15, 0.2) is 0 Å². The Hall–Kier alpha value is -1.47. The minimum atomic E-state index is -1.02. The average Bonchev–Trinajstić information content (AvgIpc) is 2.81. The SMILES string of the molecule is CC(C(=O)NC(C)(CO)CO)n1cncn1. The van der Waals surface area contributed by atoms with E-state index in [0.717, 1.165) is 0 Å². The molecule has 16 heavy (non-hydrogen) atoms. The Labute approximate surface area is 93.1 Å². The first-order chi connectivity index (χ1) is 7.52. The van der Waals surface area contributed by atoms with Crippen molar-refractivity contribution in [2.75, 3.05) is 13.2 Å². The van der Waals surface area contributed by atoms with Crippen molar-refractivity contribution >= 4 is 5.91 Å². The third-order valence-corrected chi connectivity index (χ3v) is 2.34. The van der Waals surface area contributed by atoms with E-state index < -0.39 is 11.6 Å². The number of amides is 1. The summed E-state index contributed by atoms with van der Waals surface area (Å²) in [7, 11) is 0. The Kier molecular flexibility index (Phi) is 3.97. The topological polar surface area (TPSA) is 100 Å². The molecule has 1 unspecified atom stereocenters. The van der Waals surface area contributed by atoms with Crippen molar-refractivity contribution in [3.63, 3.8) is 0 Å². The highest BCUT2D eigenvalue weighted by molar-refractivity contribution is 5.80. The summed E-state index contributed by atoms with van der Waals surface area (Å²) < 4.78 is 1.39. The number of aliphatic hydroxyl groups excluding tert-OH is 2. The van der Waals surface area contributed by atoms with Gasteiger partial charge in [0.05, 0.1) is 18.8 Å². The van der Waals surface area contributed by atoms with Gasteiger partial charge in [-0.05, 0) is 13.8 Å². The summed E-state index contributed by atoms with van der Waals surface area (Å²) >= 11 is 0. The Morgan fingerprint density at radius 1 is 1.56 bits per heavy atom. The highest BCUT2D eigenvalue weighted by atomic mass is 16.3. The molecule has 0 aliphatic rings. The number of carbonyl (C=O) groups is 1. The largest absolute Gasteiger partial charge is 0.394 e. The molecule has 3 N–H and O–H groups in total. The minimum Gasteiger partial charge on any atom is -0.394 e. The zero-order valence-electron chi connectivity index (χ0n) is 9.29. The van der Waals surface area contributed by atoms with E-state index in [9.17, 15) is 4.79 Å². The predicted octanol–water partition coefficient (Wildman–Crippen LogP) is -1.30. The number of aliphatic hydroxyl groups is 2. The van der Waals surface area contributed by atoms with Crippen LogP contribution in [0, 0.1) is 0 Å². The predicted molar refractivity (Wildman–Crippen MR) is 55.5 cm³/mol. The van der Waals surface area contributed by atoms with Crippen molar-refractivity contribution in [1.29, 1.82) is 0 Å². The molecule has 0 fully saturated rings. The van der Waals surface area contributed by atoms with Crippen LogP contribution in [-0.4, -0.2) is 49.6 Å². The lowest BCUT2D eigenvalue weighted by atomic mass is 10.1. The van der Waals surface area contributed by atoms with Crippen molar-refractivity contribution in [2.24, 2.45) is 0 Å². The average molecular weight is 228 g/mol. The van der Waals surface area contributed by atoms with Crippen LogP contribution >= 0.6 is 0 Å². The summed E-state index contributed by atoms with van der Waals surface area (Å²) in [6.07, 6.45) is 2.76. The van der Waals surface area contributed by atoms with Crippen LogP contribution in [-0.2, 0) is 4.79 Å². The number of carbonyl (C=O) groups excluding carboxylic acids is 1. The first kappa shape index (κ1) is 12.6. The van der Waals surface area contributed by atoms with Crippen molar-refractivity contribution in [3.05, 3.63) is 12.7 Å². The summed E-state index contributed by atoms with van der Waals surface area (Å²) in [4.78, 5) is 15.5. The van der Waals surface area contributed by atoms with E-state index >= 15 is 0 Å². The fourth-order valence-corrected chi connectivity index (χ4v) is 1.07. The van der Waals surface area contributed by atoms with Crippen molar-refractivity contribution in [3.8, 4) is 0 Å². The number of aromatic nitrogens is 3. The van der Waals surface area contributed by atoms with E-state index in [1.165, 1.54) is 17.3 Å². The second kappa shape index (κ2) is 5.04. The molecule has 0 saturated carbocycles. The quantitative estimate of drug-likeness (QED) is 0.581. The molecule has 1 aromatic heterocycles. The van der Waals surface area contributed by atoms with Crippen LogP contribution in [0.1, 0.15) is 19.9 Å². The fraction of sp³-hybridized carbons (Fsp3) is 0.667. The van der Waals surface area contributed by atoms with Crippen LogP contribution in [0.5, 0.6) is 0 Å². The van der Waals surface area contributed by atoms with Gasteiger partial charge in [-0.15, -0.1) is 0 Å². The molecule has 0 aromatic carbocycles. The van der Waals surface area contributed by atoms with Crippen molar-refractivity contribution < 1.29 is 15.0 Å². The zero-order chi connectivity index (χ0) is 12.2. The summed E-state index contributed by atoms with van der Waals surface area (Å²) in [5.41, 5.74) is -1.02. The highest BCUT2D eigenvalue weighted by Gasteiger charge is 2.27. The number of nitrogens with zero attached hydrogens (tertiary/aromatic N) is 3. The highest BCUT2D eigenvalue weighted by Crippen LogP contribution is 2.07. The molecule has 1 rings (SSSR count). The number of rotatable bonds is 5. The van der Waals surface area contributed by atoms with Gasteiger partial charge in [0, 0.05) is 0 Å². The van der Waals surface area contributed by atoms with E-state index in [1.54, 1.807) is 13.8 Å². The molecule has 0 saturated heterocycles. The molecular weight excluding hydrogens is 212 g/mol. The van der Waals surface area contributed by atoms with Gasteiger partial charge in [-0.2, -0.15) is 5.10 Å². The van der Waals surface area contributed by atoms with Gasteiger partial charge in [-0.3, -0.25) is 4.79 Å². The molecular formula is C9H16N4O3. The molecule has 1 aromatic rings. The van der Waals surface area contributed by atoms with Gasteiger partial charge in [0.2, 0.25) is 5.91 Å². The van der Waals surface area contributed by atoms with E-state index in [1.807, 2.05) is 0 Å². The van der Waals surface area contributed by atoms with Crippen LogP contribution in [0.25, 0.3) is 0 Å². The Morgan fingerprint density at radius 3 is 2.62 bits per heavy atom. The maximum absolute atomic E-state index is 11.8. The molecule has 1 atom stereocenters. The molecule has 0 aliphatic heterocycles. The van der Waals surface area contributed by atoms with Crippen LogP contribution in [0.15, 0.2) is 12.7 Å². The lowest BCUT2D eigenvalue weighted by molar-refractivity contribution is -0.127.